The SMILES string of the molecule is CC(=O)O.CC(=O)O.CC(=O)O.CC(=O)O.CC(=O)O.CC(=O)O.CC(=O)O.CC(=O)O.OCC(O)CO.OCC(O)CO.OCC(O)CO.OCC(O)CO.OCC(O)CO.OCC(O)CO. The summed E-state index contributed by atoms with van der Waals surface area (Å²) in [6, 6.07) is 0. The predicted octanol–water partition coefficient (Wildman–Crippen LogP) is -9.28. The lowest BCUT2D eigenvalue weighted by molar-refractivity contribution is -0.135. The summed E-state index contributed by atoms with van der Waals surface area (Å²) in [7, 11) is 0. The molecule has 0 amide bonds. The monoisotopic (exact) mass is 1030 g/mol. The molecular weight excluding hydrogens is 952 g/mol. The van der Waals surface area contributed by atoms with Gasteiger partial charge >= 0.3 is 0 Å². The van der Waals surface area contributed by atoms with E-state index in [1.165, 1.54) is 0 Å². The van der Waals surface area contributed by atoms with E-state index in [-0.39, 0.29) is 79.3 Å². The summed E-state index contributed by atoms with van der Waals surface area (Å²) in [5.74, 6) is -6.67. The van der Waals surface area contributed by atoms with Gasteiger partial charge in [0.2, 0.25) is 0 Å². The van der Waals surface area contributed by atoms with Crippen LogP contribution in [0.1, 0.15) is 55.4 Å². The van der Waals surface area contributed by atoms with Gasteiger partial charge in [-0.2, -0.15) is 0 Å². The molecule has 0 unspecified atom stereocenters. The minimum absolute atomic E-state index is 0.365. The smallest absolute Gasteiger partial charge is 0.300 e. The van der Waals surface area contributed by atoms with Crippen LogP contribution < -0.4 is 0 Å². The van der Waals surface area contributed by atoms with E-state index in [0.29, 0.717) is 0 Å². The van der Waals surface area contributed by atoms with Gasteiger partial charge in [0.05, 0.1) is 79.3 Å². The third kappa shape index (κ3) is 607. The Balaban J connectivity index is -0.0000000386. The van der Waals surface area contributed by atoms with E-state index in [2.05, 4.69) is 0 Å². The molecule has 0 aliphatic carbocycles. The molecule has 0 rings (SSSR count). The molecule has 0 atom stereocenters. The Labute approximate surface area is 390 Å². The Kier molecular flexibility index (Phi) is 143. The maximum atomic E-state index is 9.00. The number of carbonyl (C=O) groups is 8. The zero-order valence-corrected chi connectivity index (χ0v) is 38.8. The van der Waals surface area contributed by atoms with E-state index in [4.69, 9.17) is 171 Å². The van der Waals surface area contributed by atoms with Crippen molar-refractivity contribution >= 4 is 47.8 Å². The highest BCUT2D eigenvalue weighted by Gasteiger charge is 1.96. The van der Waals surface area contributed by atoms with E-state index < -0.39 is 84.4 Å². The van der Waals surface area contributed by atoms with Crippen molar-refractivity contribution in [1.29, 1.82) is 0 Å². The van der Waals surface area contributed by atoms with Crippen molar-refractivity contribution in [2.24, 2.45) is 0 Å². The Morgan fingerprint density at radius 2 is 0.235 bits per heavy atom. The number of aliphatic carboxylic acids is 8. The summed E-state index contributed by atoms with van der Waals surface area (Å²) in [6.45, 7) is 4.29. The lowest BCUT2D eigenvalue weighted by Gasteiger charge is -1.96. The van der Waals surface area contributed by atoms with Crippen LogP contribution in [-0.4, -0.2) is 296 Å². The molecule has 0 saturated heterocycles. The molecule has 0 aromatic heterocycles. The molecule has 0 aliphatic heterocycles. The third-order valence-electron chi connectivity index (χ3n) is 2.53. The third-order valence-corrected chi connectivity index (χ3v) is 2.53. The normalized spacial score (nSPS) is 8.24. The van der Waals surface area contributed by atoms with Crippen molar-refractivity contribution in [2.45, 2.75) is 92.0 Å². The van der Waals surface area contributed by atoms with E-state index in [1.54, 1.807) is 0 Å². The van der Waals surface area contributed by atoms with Crippen molar-refractivity contribution in [3.8, 4) is 0 Å². The van der Waals surface area contributed by atoms with Gasteiger partial charge in [-0.3, -0.25) is 38.4 Å². The number of aliphatic hydroxyl groups excluding tert-OH is 18. The topological polar surface area (TPSA) is 663 Å². The van der Waals surface area contributed by atoms with Gasteiger partial charge in [-0.05, 0) is 0 Å². The summed E-state index contributed by atoms with van der Waals surface area (Å²) in [5, 5.41) is 203. The number of rotatable bonds is 12. The first-order chi connectivity index (χ1) is 30.7. The molecule has 0 aromatic carbocycles. The van der Waals surface area contributed by atoms with Crippen molar-refractivity contribution in [3.63, 3.8) is 0 Å². The zero-order chi connectivity index (χ0) is 58.6. The number of hydrogen-bond acceptors (Lipinski definition) is 26. The quantitative estimate of drug-likeness (QED) is 0.0863. The fourth-order valence-electron chi connectivity index (χ4n) is 0.346. The van der Waals surface area contributed by atoms with E-state index in [0.717, 1.165) is 55.4 Å². The Bertz CT molecular complexity index is 739. The maximum Gasteiger partial charge on any atom is 0.300 e. The summed E-state index contributed by atoms with van der Waals surface area (Å²) in [6.07, 6.45) is -5.72. The summed E-state index contributed by atoms with van der Waals surface area (Å²) in [5.41, 5.74) is 0. The van der Waals surface area contributed by atoms with E-state index in [1.807, 2.05) is 0 Å². The molecule has 0 fully saturated rings. The van der Waals surface area contributed by atoms with Gasteiger partial charge in [0.25, 0.3) is 47.8 Å². The highest BCUT2D eigenvalue weighted by molar-refractivity contribution is 5.64. The van der Waals surface area contributed by atoms with E-state index >= 15 is 0 Å². The fraction of sp³-hybridized carbons (Fsp3) is 0.765. The highest BCUT2D eigenvalue weighted by Crippen LogP contribution is 1.74. The fourth-order valence-corrected chi connectivity index (χ4v) is 0.346. The predicted molar refractivity (Wildman–Crippen MR) is 228 cm³/mol. The minimum atomic E-state index is -0.954. The molecular formula is C34H80O34. The van der Waals surface area contributed by atoms with Gasteiger partial charge in [-0.15, -0.1) is 0 Å². The number of hydrogen-bond donors (Lipinski definition) is 26. The molecule has 0 spiro atoms. The largest absolute Gasteiger partial charge is 0.481 e. The average Bonchev–Trinajstić information content (AvgIpc) is 3.21. The van der Waals surface area contributed by atoms with Gasteiger partial charge in [0, 0.05) is 55.4 Å². The molecule has 68 heavy (non-hydrogen) atoms. The van der Waals surface area contributed by atoms with Gasteiger partial charge in [0.15, 0.2) is 0 Å². The minimum Gasteiger partial charge on any atom is -0.481 e. The molecule has 26 N–H and O–H groups in total. The van der Waals surface area contributed by atoms with Crippen LogP contribution in [0.4, 0.5) is 0 Å². The Hall–Kier alpha value is -4.96. The maximum absolute atomic E-state index is 9.00. The standard InChI is InChI=1S/6C3H8O3.8C2H4O2/c6*4-1-3(6)2-5;8*1-2(3)4/h6*3-6H,1-2H2;8*1H3,(H,3,4). The summed E-state index contributed by atoms with van der Waals surface area (Å²) in [4.78, 5) is 72.0. The molecule has 0 heterocycles. The molecule has 0 bridgehead atoms. The van der Waals surface area contributed by atoms with Crippen molar-refractivity contribution in [2.75, 3.05) is 79.3 Å². The van der Waals surface area contributed by atoms with Crippen molar-refractivity contribution in [3.05, 3.63) is 0 Å². The first kappa shape index (κ1) is 101. The Morgan fingerprint density at radius 1 is 0.206 bits per heavy atom. The number of carboxylic acids is 8. The van der Waals surface area contributed by atoms with Gasteiger partial charge in [-0.25, -0.2) is 0 Å². The molecule has 34 heteroatoms. The van der Waals surface area contributed by atoms with Crippen LogP contribution in [0.5, 0.6) is 0 Å². The van der Waals surface area contributed by atoms with Gasteiger partial charge in [-0.1, -0.05) is 0 Å². The van der Waals surface area contributed by atoms with Crippen LogP contribution in [0.3, 0.4) is 0 Å². The van der Waals surface area contributed by atoms with Crippen LogP contribution in [-0.2, 0) is 38.4 Å². The van der Waals surface area contributed by atoms with Crippen LogP contribution in [0.2, 0.25) is 0 Å². The lowest BCUT2D eigenvalue weighted by Crippen LogP contribution is -2.15. The van der Waals surface area contributed by atoms with Crippen LogP contribution >= 0.6 is 0 Å². The average molecular weight is 1030 g/mol. The molecule has 0 radical (unpaired) electrons. The molecule has 0 aliphatic rings. The zero-order valence-electron chi connectivity index (χ0n) is 38.8. The first-order valence-electron chi connectivity index (χ1n) is 17.7. The lowest BCUT2D eigenvalue weighted by atomic mass is 10.4. The summed E-state index contributed by atoms with van der Waals surface area (Å²) >= 11 is 0. The second-order valence-corrected chi connectivity index (χ2v) is 10.3. The highest BCUT2D eigenvalue weighted by atomic mass is 16.4. The van der Waals surface area contributed by atoms with Crippen molar-refractivity contribution < 1.29 is 171 Å². The van der Waals surface area contributed by atoms with E-state index in [9.17, 15) is 0 Å². The molecule has 0 saturated carbocycles. The second kappa shape index (κ2) is 96.1. The van der Waals surface area contributed by atoms with Gasteiger partial charge < -0.3 is 133 Å². The van der Waals surface area contributed by atoms with Gasteiger partial charge in [0.1, 0.15) is 36.6 Å². The van der Waals surface area contributed by atoms with Crippen LogP contribution in [0, 0.1) is 0 Å². The second-order valence-electron chi connectivity index (χ2n) is 10.3. The molecule has 420 valence electrons. The van der Waals surface area contributed by atoms with Crippen molar-refractivity contribution in [1.82, 2.24) is 0 Å². The van der Waals surface area contributed by atoms with Crippen LogP contribution in [0.25, 0.3) is 0 Å². The molecule has 0 aromatic rings. The van der Waals surface area contributed by atoms with Crippen LogP contribution in [0.15, 0.2) is 0 Å². The number of aliphatic hydroxyl groups is 18. The first-order valence-corrected chi connectivity index (χ1v) is 17.7. The Morgan fingerprint density at radius 3 is 0.235 bits per heavy atom. The summed E-state index contributed by atoms with van der Waals surface area (Å²) < 4.78 is 0. The number of carboxylic acid groups (broad SMARTS) is 8. The molecule has 34 nitrogen and oxygen atoms in total.